The maximum absolute atomic E-state index is 6.09. The van der Waals surface area contributed by atoms with Gasteiger partial charge in [0.1, 0.15) is 0 Å². The van der Waals surface area contributed by atoms with Gasteiger partial charge in [0.25, 0.3) is 0 Å². The lowest BCUT2D eigenvalue weighted by molar-refractivity contribution is 0.888. The number of hydrazone groups is 1. The highest BCUT2D eigenvalue weighted by Gasteiger charge is 2.28. The molecule has 1 unspecified atom stereocenters. The third kappa shape index (κ3) is 3.04. The second-order valence-electron chi connectivity index (χ2n) is 6.94. The van der Waals surface area contributed by atoms with Crippen molar-refractivity contribution in [3.05, 3.63) is 107 Å². The minimum Gasteiger partial charge on any atom is -0.277 e. The van der Waals surface area contributed by atoms with E-state index in [0.717, 1.165) is 28.7 Å². The van der Waals surface area contributed by atoms with Gasteiger partial charge in [-0.25, -0.2) is 0 Å². The number of nitrogens with one attached hydrogen (secondary N) is 1. The molecule has 1 atom stereocenters. The number of hydrogen-bond donors (Lipinski definition) is 1. The van der Waals surface area contributed by atoms with Crippen LogP contribution in [0.1, 0.15) is 29.0 Å². The van der Waals surface area contributed by atoms with Crippen LogP contribution >= 0.6 is 11.6 Å². The fourth-order valence-electron chi connectivity index (χ4n) is 3.91. The Morgan fingerprint density at radius 2 is 1.75 bits per heavy atom. The molecule has 28 heavy (non-hydrogen) atoms. The first-order valence-corrected chi connectivity index (χ1v) is 9.68. The van der Waals surface area contributed by atoms with Crippen LogP contribution in [0.15, 0.2) is 90.2 Å². The first-order valence-electron chi connectivity index (χ1n) is 9.31. The van der Waals surface area contributed by atoms with E-state index in [1.54, 1.807) is 6.20 Å². The van der Waals surface area contributed by atoms with Crippen molar-refractivity contribution in [2.45, 2.75) is 12.3 Å². The standard InChI is InChI=1S/C24H18ClN3/c25-17-10-11-20-22(12-13-26-23(20)14-17)27-28-24-15-21(16-6-2-1-3-7-16)18-8-4-5-9-19(18)24/h1-14,21H,15H2,(H,26,27). The van der Waals surface area contributed by atoms with E-state index in [-0.39, 0.29) is 0 Å². The number of halogens is 1. The average molecular weight is 384 g/mol. The van der Waals surface area contributed by atoms with Gasteiger partial charge in [0, 0.05) is 34.5 Å². The highest BCUT2D eigenvalue weighted by atomic mass is 35.5. The number of rotatable bonds is 3. The fraction of sp³-hybridized carbons (Fsp3) is 0.0833. The monoisotopic (exact) mass is 383 g/mol. The van der Waals surface area contributed by atoms with Crippen LogP contribution in [0, 0.1) is 0 Å². The molecule has 0 aliphatic heterocycles. The van der Waals surface area contributed by atoms with Gasteiger partial charge in [0.15, 0.2) is 0 Å². The van der Waals surface area contributed by atoms with Gasteiger partial charge in [-0.15, -0.1) is 0 Å². The molecule has 4 heteroatoms. The van der Waals surface area contributed by atoms with E-state index in [9.17, 15) is 0 Å². The Bertz CT molecular complexity index is 1180. The molecule has 0 spiro atoms. The number of nitrogens with zero attached hydrogens (tertiary/aromatic N) is 2. The fourth-order valence-corrected chi connectivity index (χ4v) is 4.08. The number of hydrogen-bond acceptors (Lipinski definition) is 3. The molecule has 0 amide bonds. The zero-order valence-electron chi connectivity index (χ0n) is 15.1. The Labute approximate surface area is 168 Å². The van der Waals surface area contributed by atoms with E-state index in [1.807, 2.05) is 24.3 Å². The minimum atomic E-state index is 0.339. The Balaban J connectivity index is 1.51. The van der Waals surface area contributed by atoms with Crippen LogP contribution in [-0.4, -0.2) is 10.7 Å². The second-order valence-corrected chi connectivity index (χ2v) is 7.38. The van der Waals surface area contributed by atoms with E-state index >= 15 is 0 Å². The number of aromatic nitrogens is 1. The lowest BCUT2D eigenvalue weighted by Crippen LogP contribution is -2.01. The first-order chi connectivity index (χ1) is 13.8. The summed E-state index contributed by atoms with van der Waals surface area (Å²) in [7, 11) is 0. The Hall–Kier alpha value is -3.17. The molecular weight excluding hydrogens is 366 g/mol. The van der Waals surface area contributed by atoms with E-state index in [0.29, 0.717) is 10.9 Å². The van der Waals surface area contributed by atoms with Gasteiger partial charge >= 0.3 is 0 Å². The van der Waals surface area contributed by atoms with Crippen LogP contribution in [0.4, 0.5) is 5.69 Å². The molecule has 0 saturated carbocycles. The molecule has 136 valence electrons. The highest BCUT2D eigenvalue weighted by Crippen LogP contribution is 2.38. The molecule has 1 N–H and O–H groups in total. The molecule has 1 aliphatic carbocycles. The SMILES string of the molecule is Clc1ccc2c(NN=C3CC(c4ccccc4)c4ccccc43)ccnc2c1. The van der Waals surface area contributed by atoms with Gasteiger partial charge in [-0.3, -0.25) is 10.4 Å². The summed E-state index contributed by atoms with van der Waals surface area (Å²) in [5.41, 5.74) is 9.99. The number of anilines is 1. The third-order valence-electron chi connectivity index (χ3n) is 5.26. The summed E-state index contributed by atoms with van der Waals surface area (Å²) in [6.07, 6.45) is 2.65. The molecule has 3 aromatic carbocycles. The average Bonchev–Trinajstić information content (AvgIpc) is 3.11. The van der Waals surface area contributed by atoms with E-state index in [4.69, 9.17) is 16.7 Å². The van der Waals surface area contributed by atoms with Gasteiger partial charge in [-0.1, -0.05) is 66.2 Å². The second kappa shape index (κ2) is 7.10. The third-order valence-corrected chi connectivity index (χ3v) is 5.50. The van der Waals surface area contributed by atoms with Crippen LogP contribution in [0.25, 0.3) is 10.9 Å². The van der Waals surface area contributed by atoms with Gasteiger partial charge in [-0.2, -0.15) is 5.10 Å². The molecule has 0 fully saturated rings. The van der Waals surface area contributed by atoms with Gasteiger partial charge in [0.05, 0.1) is 16.9 Å². The zero-order chi connectivity index (χ0) is 18.9. The van der Waals surface area contributed by atoms with Gasteiger partial charge < -0.3 is 0 Å². The van der Waals surface area contributed by atoms with Gasteiger partial charge in [0.2, 0.25) is 0 Å². The minimum absolute atomic E-state index is 0.339. The van der Waals surface area contributed by atoms with Crippen molar-refractivity contribution in [1.82, 2.24) is 4.98 Å². The lowest BCUT2D eigenvalue weighted by atomic mass is 9.93. The summed E-state index contributed by atoms with van der Waals surface area (Å²) in [5.74, 6) is 0.339. The zero-order valence-corrected chi connectivity index (χ0v) is 15.9. The molecule has 3 nitrogen and oxygen atoms in total. The predicted octanol–water partition coefficient (Wildman–Crippen LogP) is 6.24. The summed E-state index contributed by atoms with van der Waals surface area (Å²) in [4.78, 5) is 4.40. The Morgan fingerprint density at radius 3 is 2.64 bits per heavy atom. The van der Waals surface area contributed by atoms with Crippen molar-refractivity contribution in [3.63, 3.8) is 0 Å². The summed E-state index contributed by atoms with van der Waals surface area (Å²) in [6.45, 7) is 0. The molecule has 0 saturated heterocycles. The smallest absolute Gasteiger partial charge is 0.0738 e. The van der Waals surface area contributed by atoms with Crippen molar-refractivity contribution >= 4 is 33.9 Å². The van der Waals surface area contributed by atoms with Crippen LogP contribution in [0.5, 0.6) is 0 Å². The van der Waals surface area contributed by atoms with Crippen molar-refractivity contribution < 1.29 is 0 Å². The molecule has 5 rings (SSSR count). The van der Waals surface area contributed by atoms with Crippen LogP contribution in [-0.2, 0) is 0 Å². The van der Waals surface area contributed by atoms with Crippen LogP contribution in [0.2, 0.25) is 5.02 Å². The molecule has 0 radical (unpaired) electrons. The number of fused-ring (bicyclic) bond motifs is 2. The van der Waals surface area contributed by atoms with Crippen molar-refractivity contribution in [2.24, 2.45) is 5.10 Å². The Morgan fingerprint density at radius 1 is 0.929 bits per heavy atom. The molecule has 1 aromatic heterocycles. The molecule has 1 aliphatic rings. The van der Waals surface area contributed by atoms with Crippen molar-refractivity contribution in [3.8, 4) is 0 Å². The van der Waals surface area contributed by atoms with E-state index < -0.39 is 0 Å². The summed E-state index contributed by atoms with van der Waals surface area (Å²) in [6, 6.07) is 26.8. The molecular formula is C24H18ClN3. The Kier molecular flexibility index (Phi) is 4.30. The predicted molar refractivity (Wildman–Crippen MR) is 116 cm³/mol. The van der Waals surface area contributed by atoms with Crippen LogP contribution in [0.3, 0.4) is 0 Å². The summed E-state index contributed by atoms with van der Waals surface area (Å²) >= 11 is 6.09. The maximum Gasteiger partial charge on any atom is 0.0738 e. The highest BCUT2D eigenvalue weighted by molar-refractivity contribution is 6.31. The van der Waals surface area contributed by atoms with E-state index in [2.05, 4.69) is 65.0 Å². The first kappa shape index (κ1) is 17.0. The lowest BCUT2D eigenvalue weighted by Gasteiger charge is -2.10. The largest absolute Gasteiger partial charge is 0.277 e. The molecule has 1 heterocycles. The van der Waals surface area contributed by atoms with Crippen molar-refractivity contribution in [2.75, 3.05) is 5.43 Å². The maximum atomic E-state index is 6.09. The van der Waals surface area contributed by atoms with Gasteiger partial charge in [-0.05, 0) is 35.4 Å². The quantitative estimate of drug-likeness (QED) is 0.425. The molecule has 4 aromatic rings. The topological polar surface area (TPSA) is 37.3 Å². The summed E-state index contributed by atoms with van der Waals surface area (Å²) in [5, 5.41) is 6.47. The van der Waals surface area contributed by atoms with E-state index in [1.165, 1.54) is 16.7 Å². The number of pyridine rings is 1. The molecule has 0 bridgehead atoms. The van der Waals surface area contributed by atoms with Crippen LogP contribution < -0.4 is 5.43 Å². The number of benzene rings is 3. The van der Waals surface area contributed by atoms with Crippen molar-refractivity contribution in [1.29, 1.82) is 0 Å². The normalized spacial score (nSPS) is 17.0. The summed E-state index contributed by atoms with van der Waals surface area (Å²) < 4.78 is 0.